The number of likely N-dealkylation sites (tertiary alicyclic amines) is 1. The number of nitrogens with zero attached hydrogens (tertiary/aromatic N) is 3. The van der Waals surface area contributed by atoms with E-state index in [2.05, 4.69) is 10.3 Å². The molecule has 1 aromatic heterocycles. The van der Waals surface area contributed by atoms with Gasteiger partial charge in [-0.2, -0.15) is 5.26 Å². The van der Waals surface area contributed by atoms with E-state index in [1.807, 2.05) is 11.0 Å². The van der Waals surface area contributed by atoms with E-state index in [9.17, 15) is 4.79 Å². The Morgan fingerprint density at radius 3 is 2.84 bits per heavy atom. The van der Waals surface area contributed by atoms with Crippen LogP contribution < -0.4 is 5.32 Å². The van der Waals surface area contributed by atoms with Gasteiger partial charge in [0.15, 0.2) is 0 Å². The summed E-state index contributed by atoms with van der Waals surface area (Å²) in [6, 6.07) is 5.06. The Morgan fingerprint density at radius 2 is 2.16 bits per heavy atom. The highest BCUT2D eigenvalue weighted by Crippen LogP contribution is 2.14. The van der Waals surface area contributed by atoms with E-state index in [4.69, 9.17) is 16.9 Å². The van der Waals surface area contributed by atoms with Gasteiger partial charge in [0.25, 0.3) is 0 Å². The first-order valence-corrected chi connectivity index (χ1v) is 6.66. The topological polar surface area (TPSA) is 69.0 Å². The van der Waals surface area contributed by atoms with Gasteiger partial charge in [-0.1, -0.05) is 11.6 Å². The third-order valence-corrected chi connectivity index (χ3v) is 3.25. The highest BCUT2D eigenvalue weighted by molar-refractivity contribution is 6.29. The van der Waals surface area contributed by atoms with E-state index >= 15 is 0 Å². The number of carbonyl (C=O) groups is 1. The molecule has 0 radical (unpaired) electrons. The molecule has 19 heavy (non-hydrogen) atoms. The van der Waals surface area contributed by atoms with Crippen LogP contribution in [-0.4, -0.2) is 35.4 Å². The molecule has 1 aliphatic heterocycles. The van der Waals surface area contributed by atoms with Crippen LogP contribution in [0.4, 0.5) is 5.82 Å². The largest absolute Gasteiger partial charge is 0.361 e. The summed E-state index contributed by atoms with van der Waals surface area (Å²) in [5.41, 5.74) is 0.424. The van der Waals surface area contributed by atoms with E-state index in [0.29, 0.717) is 11.4 Å². The predicted octanol–water partition coefficient (Wildman–Crippen LogP) is 2.03. The molecule has 0 bridgehead atoms. The molecule has 100 valence electrons. The summed E-state index contributed by atoms with van der Waals surface area (Å²) in [7, 11) is 0. The van der Waals surface area contributed by atoms with E-state index < -0.39 is 0 Å². The van der Waals surface area contributed by atoms with Crippen LogP contribution in [0.5, 0.6) is 0 Å². The molecule has 5 nitrogen and oxygen atoms in total. The molecule has 1 aromatic rings. The molecule has 6 heteroatoms. The number of halogens is 1. The van der Waals surface area contributed by atoms with Gasteiger partial charge >= 0.3 is 0 Å². The molecule has 1 amide bonds. The molecule has 0 aromatic carbocycles. The Balaban J connectivity index is 1.93. The zero-order chi connectivity index (χ0) is 13.7. The fourth-order valence-corrected chi connectivity index (χ4v) is 2.28. The minimum absolute atomic E-state index is 0.0555. The SMILES string of the molecule is N#Cc1cc(Cl)nc(NCC(=O)N2CCCCC2)c1. The van der Waals surface area contributed by atoms with Crippen molar-refractivity contribution in [3.63, 3.8) is 0 Å². The Bertz CT molecular complexity index is 506. The zero-order valence-electron chi connectivity index (χ0n) is 10.5. The molecule has 0 aliphatic carbocycles. The van der Waals surface area contributed by atoms with Crippen molar-refractivity contribution in [2.24, 2.45) is 0 Å². The average Bonchev–Trinajstić information content (AvgIpc) is 2.45. The quantitative estimate of drug-likeness (QED) is 0.859. The minimum atomic E-state index is 0.0555. The van der Waals surface area contributed by atoms with E-state index in [0.717, 1.165) is 25.9 Å². The van der Waals surface area contributed by atoms with Crippen LogP contribution in [0, 0.1) is 11.3 Å². The Kier molecular flexibility index (Phi) is 4.58. The van der Waals surface area contributed by atoms with Crippen molar-refractivity contribution < 1.29 is 4.79 Å². The number of carbonyl (C=O) groups excluding carboxylic acids is 1. The smallest absolute Gasteiger partial charge is 0.241 e. The lowest BCUT2D eigenvalue weighted by Crippen LogP contribution is -2.39. The molecule has 1 N–H and O–H groups in total. The van der Waals surface area contributed by atoms with Crippen LogP contribution >= 0.6 is 11.6 Å². The number of piperidine rings is 1. The number of amides is 1. The van der Waals surface area contributed by atoms with Crippen molar-refractivity contribution in [2.45, 2.75) is 19.3 Å². The fourth-order valence-electron chi connectivity index (χ4n) is 2.07. The Morgan fingerprint density at radius 1 is 1.42 bits per heavy atom. The zero-order valence-corrected chi connectivity index (χ0v) is 11.3. The fraction of sp³-hybridized carbons (Fsp3) is 0.462. The van der Waals surface area contributed by atoms with Crippen molar-refractivity contribution in [2.75, 3.05) is 25.0 Å². The molecule has 0 unspecified atom stereocenters. The summed E-state index contributed by atoms with van der Waals surface area (Å²) in [5, 5.41) is 12.0. The van der Waals surface area contributed by atoms with Crippen LogP contribution in [0.1, 0.15) is 24.8 Å². The van der Waals surface area contributed by atoms with Gasteiger partial charge in [-0.3, -0.25) is 4.79 Å². The van der Waals surface area contributed by atoms with Crippen molar-refractivity contribution >= 4 is 23.3 Å². The Hall–Kier alpha value is -1.80. The first-order chi connectivity index (χ1) is 9.19. The molecule has 2 rings (SSSR count). The van der Waals surface area contributed by atoms with Crippen LogP contribution in [0.15, 0.2) is 12.1 Å². The van der Waals surface area contributed by atoms with Crippen LogP contribution in [0.25, 0.3) is 0 Å². The molecule has 0 spiro atoms. The van der Waals surface area contributed by atoms with Gasteiger partial charge in [0.05, 0.1) is 18.2 Å². The van der Waals surface area contributed by atoms with Gasteiger partial charge in [-0.05, 0) is 31.4 Å². The maximum atomic E-state index is 11.9. The van der Waals surface area contributed by atoms with E-state index in [1.54, 1.807) is 6.07 Å². The maximum absolute atomic E-state index is 11.9. The number of hydrogen-bond donors (Lipinski definition) is 1. The molecule has 0 saturated carbocycles. The maximum Gasteiger partial charge on any atom is 0.241 e. The van der Waals surface area contributed by atoms with Crippen LogP contribution in [0.3, 0.4) is 0 Å². The number of anilines is 1. The number of nitrogens with one attached hydrogen (secondary N) is 1. The van der Waals surface area contributed by atoms with Crippen molar-refractivity contribution in [1.29, 1.82) is 5.26 Å². The molecule has 1 fully saturated rings. The van der Waals surface area contributed by atoms with Crippen molar-refractivity contribution in [3.05, 3.63) is 22.8 Å². The molecule has 1 saturated heterocycles. The monoisotopic (exact) mass is 278 g/mol. The number of rotatable bonds is 3. The van der Waals surface area contributed by atoms with Gasteiger partial charge < -0.3 is 10.2 Å². The highest BCUT2D eigenvalue weighted by atomic mass is 35.5. The van der Waals surface area contributed by atoms with Crippen LogP contribution in [0.2, 0.25) is 5.15 Å². The lowest BCUT2D eigenvalue weighted by Gasteiger charge is -2.26. The Labute approximate surface area is 117 Å². The van der Waals surface area contributed by atoms with Gasteiger partial charge in [-0.25, -0.2) is 4.98 Å². The van der Waals surface area contributed by atoms with E-state index in [1.165, 1.54) is 12.5 Å². The standard InChI is InChI=1S/C13H15ClN4O/c14-11-6-10(8-15)7-12(17-11)16-9-13(19)18-4-2-1-3-5-18/h6-7H,1-5,9H2,(H,16,17). The van der Waals surface area contributed by atoms with Gasteiger partial charge in [-0.15, -0.1) is 0 Å². The highest BCUT2D eigenvalue weighted by Gasteiger charge is 2.16. The first-order valence-electron chi connectivity index (χ1n) is 6.28. The second kappa shape index (κ2) is 6.39. The summed E-state index contributed by atoms with van der Waals surface area (Å²) < 4.78 is 0. The minimum Gasteiger partial charge on any atom is -0.361 e. The number of nitriles is 1. The van der Waals surface area contributed by atoms with Crippen molar-refractivity contribution in [3.8, 4) is 6.07 Å². The average molecular weight is 279 g/mol. The lowest BCUT2D eigenvalue weighted by molar-refractivity contribution is -0.130. The van der Waals surface area contributed by atoms with Crippen molar-refractivity contribution in [1.82, 2.24) is 9.88 Å². The summed E-state index contributed by atoms with van der Waals surface area (Å²) in [5.74, 6) is 0.509. The summed E-state index contributed by atoms with van der Waals surface area (Å²) >= 11 is 5.80. The van der Waals surface area contributed by atoms with E-state index in [-0.39, 0.29) is 17.6 Å². The molecular formula is C13H15ClN4O. The second-order valence-electron chi connectivity index (χ2n) is 4.47. The van der Waals surface area contributed by atoms with Gasteiger partial charge in [0.2, 0.25) is 5.91 Å². The molecule has 1 aliphatic rings. The third-order valence-electron chi connectivity index (χ3n) is 3.05. The van der Waals surface area contributed by atoms with Crippen LogP contribution in [-0.2, 0) is 4.79 Å². The number of pyridine rings is 1. The second-order valence-corrected chi connectivity index (χ2v) is 4.86. The molecule has 0 atom stereocenters. The number of aromatic nitrogens is 1. The normalized spacial score (nSPS) is 14.8. The third kappa shape index (κ3) is 3.83. The summed E-state index contributed by atoms with van der Waals surface area (Å²) in [6.45, 7) is 1.83. The summed E-state index contributed by atoms with van der Waals surface area (Å²) in [6.07, 6.45) is 3.33. The first kappa shape index (κ1) is 13.6. The summed E-state index contributed by atoms with van der Waals surface area (Å²) in [4.78, 5) is 17.8. The van der Waals surface area contributed by atoms with Gasteiger partial charge in [0, 0.05) is 13.1 Å². The molecule has 2 heterocycles. The lowest BCUT2D eigenvalue weighted by atomic mass is 10.1. The van der Waals surface area contributed by atoms with Gasteiger partial charge in [0.1, 0.15) is 11.0 Å². The number of hydrogen-bond acceptors (Lipinski definition) is 4. The molecular weight excluding hydrogens is 264 g/mol. The predicted molar refractivity (Wildman–Crippen MR) is 72.9 cm³/mol.